The Bertz CT molecular complexity index is 939. The second kappa shape index (κ2) is 8.39. The van der Waals surface area contributed by atoms with E-state index in [0.29, 0.717) is 29.5 Å². The largest absolute Gasteiger partial charge is 0.508 e. The molecule has 0 spiro atoms. The van der Waals surface area contributed by atoms with Gasteiger partial charge in [-0.25, -0.2) is 4.68 Å². The van der Waals surface area contributed by atoms with Crippen molar-refractivity contribution < 1.29 is 10.2 Å². The third-order valence-corrected chi connectivity index (χ3v) is 4.50. The number of aromatic nitrogens is 5. The van der Waals surface area contributed by atoms with Crippen LogP contribution in [0.1, 0.15) is 39.3 Å². The van der Waals surface area contributed by atoms with E-state index in [9.17, 15) is 10.2 Å². The highest BCUT2D eigenvalue weighted by atomic mass is 16.3. The first-order chi connectivity index (χ1) is 13.4. The number of aliphatic hydroxyl groups is 1. The highest BCUT2D eigenvalue weighted by molar-refractivity contribution is 5.83. The summed E-state index contributed by atoms with van der Waals surface area (Å²) in [6, 6.07) is 6.94. The smallest absolute Gasteiger partial charge is 0.227 e. The molecule has 0 fully saturated rings. The fourth-order valence-corrected chi connectivity index (χ4v) is 2.81. The highest BCUT2D eigenvalue weighted by Gasteiger charge is 2.19. The summed E-state index contributed by atoms with van der Waals surface area (Å²) in [6.45, 7) is 8.50. The number of aromatic hydroxyl groups is 1. The van der Waals surface area contributed by atoms with Crippen molar-refractivity contribution in [3.8, 4) is 5.75 Å². The van der Waals surface area contributed by atoms with Crippen LogP contribution in [0.15, 0.2) is 24.3 Å². The number of anilines is 2. The molecule has 0 saturated carbocycles. The van der Waals surface area contributed by atoms with Crippen molar-refractivity contribution in [3.63, 3.8) is 0 Å². The summed E-state index contributed by atoms with van der Waals surface area (Å²) in [6.07, 6.45) is 0. The van der Waals surface area contributed by atoms with E-state index in [4.69, 9.17) is 0 Å². The standard InChI is InChI=1S/C19H27N7O2/c1-11(2)15(10-27)21-19-22-17(20-9-13-6-5-7-14(28)8-13)16-18(23-19)26(12(3)4)25-24-16/h5-8,11-12,15,27-28H,9-10H2,1-4H3,(H2,20,21,22,23). The molecular formula is C19H27N7O2. The van der Waals surface area contributed by atoms with E-state index in [-0.39, 0.29) is 30.4 Å². The third kappa shape index (κ3) is 4.30. The average molecular weight is 385 g/mol. The van der Waals surface area contributed by atoms with Crippen LogP contribution in [-0.4, -0.2) is 47.8 Å². The number of nitrogens with one attached hydrogen (secondary N) is 2. The van der Waals surface area contributed by atoms with Crippen LogP contribution in [0.25, 0.3) is 11.2 Å². The van der Waals surface area contributed by atoms with Gasteiger partial charge in [-0.15, -0.1) is 5.10 Å². The van der Waals surface area contributed by atoms with Crippen LogP contribution in [0, 0.1) is 5.92 Å². The van der Waals surface area contributed by atoms with Gasteiger partial charge in [0.1, 0.15) is 5.75 Å². The summed E-state index contributed by atoms with van der Waals surface area (Å²) in [4.78, 5) is 9.14. The van der Waals surface area contributed by atoms with Gasteiger partial charge in [-0.2, -0.15) is 9.97 Å². The number of fused-ring (bicyclic) bond motifs is 1. The molecule has 2 heterocycles. The molecule has 3 aromatic rings. The van der Waals surface area contributed by atoms with E-state index in [1.165, 1.54) is 0 Å². The van der Waals surface area contributed by atoms with Gasteiger partial charge in [0.15, 0.2) is 17.0 Å². The Kier molecular flexibility index (Phi) is 5.93. The number of rotatable bonds is 8. The zero-order valence-electron chi connectivity index (χ0n) is 16.6. The van der Waals surface area contributed by atoms with Gasteiger partial charge in [-0.05, 0) is 37.5 Å². The van der Waals surface area contributed by atoms with Crippen LogP contribution < -0.4 is 10.6 Å². The third-order valence-electron chi connectivity index (χ3n) is 4.50. The molecule has 0 bridgehead atoms. The molecule has 0 aliphatic rings. The zero-order valence-corrected chi connectivity index (χ0v) is 16.6. The first kappa shape index (κ1) is 19.8. The molecule has 9 nitrogen and oxygen atoms in total. The van der Waals surface area contributed by atoms with E-state index in [1.807, 2.05) is 33.8 Å². The van der Waals surface area contributed by atoms with Gasteiger partial charge >= 0.3 is 0 Å². The fraction of sp³-hybridized carbons (Fsp3) is 0.474. The molecule has 150 valence electrons. The van der Waals surface area contributed by atoms with Crippen LogP contribution >= 0.6 is 0 Å². The van der Waals surface area contributed by atoms with Gasteiger partial charge in [-0.3, -0.25) is 0 Å². The Morgan fingerprint density at radius 3 is 2.57 bits per heavy atom. The molecule has 1 aromatic carbocycles. The predicted octanol–water partition coefficient (Wildman–Crippen LogP) is 2.55. The normalized spacial score (nSPS) is 12.7. The lowest BCUT2D eigenvalue weighted by Crippen LogP contribution is -2.30. The lowest BCUT2D eigenvalue weighted by atomic mass is 10.1. The lowest BCUT2D eigenvalue weighted by molar-refractivity contribution is 0.248. The van der Waals surface area contributed by atoms with E-state index in [2.05, 4.69) is 30.9 Å². The highest BCUT2D eigenvalue weighted by Crippen LogP contribution is 2.23. The van der Waals surface area contributed by atoms with Crippen LogP contribution in [-0.2, 0) is 6.54 Å². The molecule has 0 saturated heterocycles. The molecule has 3 rings (SSSR count). The van der Waals surface area contributed by atoms with E-state index in [0.717, 1.165) is 5.56 Å². The second-order valence-electron chi connectivity index (χ2n) is 7.40. The van der Waals surface area contributed by atoms with Crippen molar-refractivity contribution in [2.24, 2.45) is 5.92 Å². The maximum atomic E-state index is 9.66. The minimum Gasteiger partial charge on any atom is -0.508 e. The topological polar surface area (TPSA) is 121 Å². The Morgan fingerprint density at radius 1 is 1.14 bits per heavy atom. The number of aliphatic hydroxyl groups excluding tert-OH is 1. The molecule has 0 amide bonds. The minimum absolute atomic E-state index is 0.0210. The summed E-state index contributed by atoms with van der Waals surface area (Å²) in [5, 5.41) is 34.2. The molecule has 1 unspecified atom stereocenters. The summed E-state index contributed by atoms with van der Waals surface area (Å²) >= 11 is 0. The van der Waals surface area contributed by atoms with E-state index >= 15 is 0 Å². The van der Waals surface area contributed by atoms with Gasteiger partial charge in [0, 0.05) is 6.54 Å². The lowest BCUT2D eigenvalue weighted by Gasteiger charge is -2.20. The summed E-state index contributed by atoms with van der Waals surface area (Å²) < 4.78 is 1.74. The molecule has 28 heavy (non-hydrogen) atoms. The fourth-order valence-electron chi connectivity index (χ4n) is 2.81. The van der Waals surface area contributed by atoms with Crippen LogP contribution in [0.5, 0.6) is 5.75 Å². The molecular weight excluding hydrogens is 358 g/mol. The molecule has 4 N–H and O–H groups in total. The Morgan fingerprint density at radius 2 is 1.93 bits per heavy atom. The first-order valence-electron chi connectivity index (χ1n) is 9.41. The van der Waals surface area contributed by atoms with Gasteiger partial charge in [0.25, 0.3) is 0 Å². The van der Waals surface area contributed by atoms with Crippen molar-refractivity contribution in [1.29, 1.82) is 0 Å². The maximum Gasteiger partial charge on any atom is 0.227 e. The SMILES string of the molecule is CC(C)C(CO)Nc1nc(NCc2cccc(O)c2)c2nnn(C(C)C)c2n1. The molecule has 0 aliphatic heterocycles. The van der Waals surface area contributed by atoms with Gasteiger partial charge in [-0.1, -0.05) is 31.2 Å². The monoisotopic (exact) mass is 385 g/mol. The summed E-state index contributed by atoms with van der Waals surface area (Å²) in [5.41, 5.74) is 2.10. The predicted molar refractivity (Wildman–Crippen MR) is 108 cm³/mol. The van der Waals surface area contributed by atoms with Crippen molar-refractivity contribution in [2.45, 2.75) is 46.3 Å². The second-order valence-corrected chi connectivity index (χ2v) is 7.40. The molecule has 1 atom stereocenters. The van der Waals surface area contributed by atoms with Crippen LogP contribution in [0.4, 0.5) is 11.8 Å². The first-order valence-corrected chi connectivity index (χ1v) is 9.41. The van der Waals surface area contributed by atoms with Crippen molar-refractivity contribution in [2.75, 3.05) is 17.2 Å². The molecule has 2 aromatic heterocycles. The van der Waals surface area contributed by atoms with E-state index < -0.39 is 0 Å². The number of benzene rings is 1. The average Bonchev–Trinajstić information content (AvgIpc) is 3.08. The molecule has 0 radical (unpaired) electrons. The van der Waals surface area contributed by atoms with Crippen molar-refractivity contribution >= 4 is 22.9 Å². The van der Waals surface area contributed by atoms with Gasteiger partial charge in [0.2, 0.25) is 5.95 Å². The van der Waals surface area contributed by atoms with Crippen LogP contribution in [0.2, 0.25) is 0 Å². The Labute approximate surface area is 163 Å². The molecule has 0 aliphatic carbocycles. The number of hydrogen-bond acceptors (Lipinski definition) is 8. The van der Waals surface area contributed by atoms with Crippen LogP contribution in [0.3, 0.4) is 0 Å². The van der Waals surface area contributed by atoms with E-state index in [1.54, 1.807) is 22.9 Å². The quantitative estimate of drug-likeness (QED) is 0.467. The van der Waals surface area contributed by atoms with Gasteiger partial charge in [0.05, 0.1) is 18.7 Å². The van der Waals surface area contributed by atoms with Gasteiger partial charge < -0.3 is 20.8 Å². The van der Waals surface area contributed by atoms with Crippen molar-refractivity contribution in [3.05, 3.63) is 29.8 Å². The van der Waals surface area contributed by atoms with Crippen molar-refractivity contribution in [1.82, 2.24) is 25.0 Å². The molecule has 9 heteroatoms. The number of nitrogens with zero attached hydrogens (tertiary/aromatic N) is 5. The Balaban J connectivity index is 1.96. The number of phenolic OH excluding ortho intramolecular Hbond substituents is 1. The number of hydrogen-bond donors (Lipinski definition) is 4. The minimum atomic E-state index is -0.167. The summed E-state index contributed by atoms with van der Waals surface area (Å²) in [5.74, 6) is 1.37. The number of phenols is 1. The Hall–Kier alpha value is -2.94. The maximum absolute atomic E-state index is 9.66. The zero-order chi connectivity index (χ0) is 20.3. The summed E-state index contributed by atoms with van der Waals surface area (Å²) in [7, 11) is 0.